The molecule has 0 aliphatic heterocycles. The number of benzene rings is 2. The van der Waals surface area contributed by atoms with Crippen molar-refractivity contribution in [1.82, 2.24) is 18.3 Å². The summed E-state index contributed by atoms with van der Waals surface area (Å²) in [4.78, 5) is 16.5. The highest BCUT2D eigenvalue weighted by molar-refractivity contribution is 7.00. The highest BCUT2D eigenvalue weighted by atomic mass is 32.1. The lowest BCUT2D eigenvalue weighted by atomic mass is 10.1. The van der Waals surface area contributed by atoms with Gasteiger partial charge in [-0.1, -0.05) is 0 Å². The van der Waals surface area contributed by atoms with Crippen LogP contribution in [0.5, 0.6) is 11.5 Å². The zero-order valence-corrected chi connectivity index (χ0v) is 16.1. The van der Waals surface area contributed by atoms with Crippen molar-refractivity contribution in [3.8, 4) is 22.8 Å². The monoisotopic (exact) mass is 395 g/mol. The smallest absolute Gasteiger partial charge is 0.264 e. The maximum atomic E-state index is 12.2. The normalized spacial score (nSPS) is 10.8. The zero-order chi connectivity index (χ0) is 19.5. The Morgan fingerprint density at radius 2 is 1.86 bits per heavy atom. The molecule has 4 aromatic rings. The van der Waals surface area contributed by atoms with E-state index in [2.05, 4.69) is 19.0 Å². The number of nitrogens with one attached hydrogen (secondary N) is 1. The molecule has 0 spiro atoms. The van der Waals surface area contributed by atoms with Crippen LogP contribution in [-0.2, 0) is 11.8 Å². The fourth-order valence-electron chi connectivity index (χ4n) is 2.72. The molecule has 4 rings (SSSR count). The number of carbonyl (C=O) groups excluding carboxylic acids is 1. The first-order valence-corrected chi connectivity index (χ1v) is 9.18. The van der Waals surface area contributed by atoms with Crippen molar-refractivity contribution in [3.63, 3.8) is 0 Å². The lowest BCUT2D eigenvalue weighted by Crippen LogP contribution is -2.22. The van der Waals surface area contributed by atoms with Crippen LogP contribution in [0.3, 0.4) is 0 Å². The van der Waals surface area contributed by atoms with Crippen molar-refractivity contribution in [3.05, 3.63) is 48.7 Å². The van der Waals surface area contributed by atoms with Crippen molar-refractivity contribution < 1.29 is 14.3 Å². The highest BCUT2D eigenvalue weighted by Crippen LogP contribution is 2.24. The van der Waals surface area contributed by atoms with Gasteiger partial charge in [-0.15, -0.1) is 0 Å². The van der Waals surface area contributed by atoms with Gasteiger partial charge in [0.25, 0.3) is 5.91 Å². The average Bonchev–Trinajstić information content (AvgIpc) is 3.33. The lowest BCUT2D eigenvalue weighted by Gasteiger charge is -2.09. The van der Waals surface area contributed by atoms with Crippen molar-refractivity contribution in [2.45, 2.75) is 0 Å². The second-order valence-electron chi connectivity index (χ2n) is 6.01. The van der Waals surface area contributed by atoms with Crippen molar-refractivity contribution in [1.29, 1.82) is 0 Å². The number of anilines is 1. The molecule has 1 amide bonds. The third-order valence-electron chi connectivity index (χ3n) is 4.22. The van der Waals surface area contributed by atoms with Gasteiger partial charge in [-0.25, -0.2) is 4.98 Å². The third kappa shape index (κ3) is 3.65. The van der Waals surface area contributed by atoms with Crippen LogP contribution in [-0.4, -0.2) is 37.9 Å². The van der Waals surface area contributed by atoms with Gasteiger partial charge in [-0.05, 0) is 36.4 Å². The largest absolute Gasteiger partial charge is 0.497 e. The number of aromatic nitrogens is 4. The number of carbonyl (C=O) groups is 1. The Morgan fingerprint density at radius 3 is 2.64 bits per heavy atom. The highest BCUT2D eigenvalue weighted by Gasteiger charge is 2.12. The number of imidazole rings is 1. The standard InChI is InChI=1S/C19H17N5O3S/c1-24-17(12-3-5-13(26-2)6-4-12)10-20-19(24)21-18(25)11-27-14-7-8-15-16(9-14)23-28-22-15/h3-10H,11H2,1-2H3,(H,20,21,25). The number of nitrogens with zero attached hydrogens (tertiary/aromatic N) is 4. The van der Waals surface area contributed by atoms with Crippen LogP contribution in [0.1, 0.15) is 0 Å². The second kappa shape index (κ2) is 7.65. The summed E-state index contributed by atoms with van der Waals surface area (Å²) in [7, 11) is 3.47. The lowest BCUT2D eigenvalue weighted by molar-refractivity contribution is -0.118. The molecule has 28 heavy (non-hydrogen) atoms. The minimum Gasteiger partial charge on any atom is -0.497 e. The SMILES string of the molecule is COc1ccc(-c2cnc(NC(=O)COc3ccc4nsnc4c3)n2C)cc1. The number of fused-ring (bicyclic) bond motifs is 1. The summed E-state index contributed by atoms with van der Waals surface area (Å²) in [6, 6.07) is 13.0. The van der Waals surface area contributed by atoms with E-state index in [4.69, 9.17) is 9.47 Å². The summed E-state index contributed by atoms with van der Waals surface area (Å²) in [5.74, 6) is 1.49. The summed E-state index contributed by atoms with van der Waals surface area (Å²) in [5.41, 5.74) is 3.40. The third-order valence-corrected chi connectivity index (χ3v) is 4.78. The van der Waals surface area contributed by atoms with Crippen LogP contribution in [0.15, 0.2) is 48.7 Å². The Kier molecular flexibility index (Phi) is 4.90. The van der Waals surface area contributed by atoms with Gasteiger partial charge in [-0.2, -0.15) is 8.75 Å². The molecule has 0 aliphatic carbocycles. The molecule has 0 bridgehead atoms. The molecule has 2 aromatic heterocycles. The van der Waals surface area contributed by atoms with E-state index in [-0.39, 0.29) is 12.5 Å². The van der Waals surface area contributed by atoms with Crippen LogP contribution in [0.4, 0.5) is 5.95 Å². The molecule has 2 heterocycles. The van der Waals surface area contributed by atoms with E-state index in [0.29, 0.717) is 11.7 Å². The number of hydrogen-bond donors (Lipinski definition) is 1. The van der Waals surface area contributed by atoms with Gasteiger partial charge in [-0.3, -0.25) is 10.1 Å². The summed E-state index contributed by atoms with van der Waals surface area (Å²) in [6.07, 6.45) is 1.71. The van der Waals surface area contributed by atoms with E-state index in [1.54, 1.807) is 25.4 Å². The molecule has 1 N–H and O–H groups in total. The summed E-state index contributed by atoms with van der Waals surface area (Å²) in [5, 5.41) is 2.76. The molecule has 0 aliphatic rings. The average molecular weight is 395 g/mol. The molecular weight excluding hydrogens is 378 g/mol. The molecule has 142 valence electrons. The Bertz CT molecular complexity index is 1120. The van der Waals surface area contributed by atoms with Crippen LogP contribution in [0.25, 0.3) is 22.3 Å². The van der Waals surface area contributed by atoms with Gasteiger partial charge in [0.15, 0.2) is 6.61 Å². The topological polar surface area (TPSA) is 91.2 Å². The molecule has 2 aromatic carbocycles. The van der Waals surface area contributed by atoms with Crippen LogP contribution >= 0.6 is 11.7 Å². The number of ether oxygens (including phenoxy) is 2. The van der Waals surface area contributed by atoms with Crippen LogP contribution in [0, 0.1) is 0 Å². The summed E-state index contributed by atoms with van der Waals surface area (Å²) >= 11 is 1.14. The van der Waals surface area contributed by atoms with E-state index in [1.165, 1.54) is 0 Å². The van der Waals surface area contributed by atoms with E-state index in [0.717, 1.165) is 39.8 Å². The molecule has 0 saturated heterocycles. The van der Waals surface area contributed by atoms with Gasteiger partial charge in [0.1, 0.15) is 22.5 Å². The Labute approximate surface area is 165 Å². The van der Waals surface area contributed by atoms with Gasteiger partial charge < -0.3 is 14.0 Å². The molecule has 0 saturated carbocycles. The van der Waals surface area contributed by atoms with E-state index in [9.17, 15) is 4.79 Å². The van der Waals surface area contributed by atoms with Crippen molar-refractivity contribution in [2.24, 2.45) is 7.05 Å². The molecule has 8 nitrogen and oxygen atoms in total. The van der Waals surface area contributed by atoms with Gasteiger partial charge in [0, 0.05) is 18.7 Å². The number of amides is 1. The van der Waals surface area contributed by atoms with Gasteiger partial charge in [0.2, 0.25) is 5.95 Å². The first kappa shape index (κ1) is 17.9. The zero-order valence-electron chi connectivity index (χ0n) is 15.2. The number of hydrogen-bond acceptors (Lipinski definition) is 7. The molecule has 0 fully saturated rings. The van der Waals surface area contributed by atoms with E-state index >= 15 is 0 Å². The fourth-order valence-corrected chi connectivity index (χ4v) is 3.23. The van der Waals surface area contributed by atoms with Gasteiger partial charge in [0.05, 0.1) is 30.7 Å². The van der Waals surface area contributed by atoms with E-state index in [1.807, 2.05) is 41.9 Å². The molecule has 0 radical (unpaired) electrons. The minimum absolute atomic E-state index is 0.131. The predicted octanol–water partition coefficient (Wildman–Crippen LogP) is 3.12. The van der Waals surface area contributed by atoms with Crippen molar-refractivity contribution in [2.75, 3.05) is 19.0 Å². The molecular formula is C19H17N5O3S. The van der Waals surface area contributed by atoms with Crippen molar-refractivity contribution >= 4 is 34.6 Å². The Morgan fingerprint density at radius 1 is 1.11 bits per heavy atom. The first-order valence-electron chi connectivity index (χ1n) is 8.45. The molecule has 0 unspecified atom stereocenters. The van der Waals surface area contributed by atoms with Crippen LogP contribution in [0.2, 0.25) is 0 Å². The number of rotatable bonds is 6. The summed E-state index contributed by atoms with van der Waals surface area (Å²) < 4.78 is 20.8. The number of methoxy groups -OCH3 is 1. The first-order chi connectivity index (χ1) is 13.6. The van der Waals surface area contributed by atoms with Gasteiger partial charge >= 0.3 is 0 Å². The maximum Gasteiger partial charge on any atom is 0.264 e. The second-order valence-corrected chi connectivity index (χ2v) is 6.53. The van der Waals surface area contributed by atoms with E-state index < -0.39 is 0 Å². The predicted molar refractivity (Wildman–Crippen MR) is 107 cm³/mol. The summed E-state index contributed by atoms with van der Waals surface area (Å²) in [6.45, 7) is -0.131. The molecule has 0 atom stereocenters. The Hall–Kier alpha value is -3.46. The molecule has 9 heteroatoms. The van der Waals surface area contributed by atoms with Crippen LogP contribution < -0.4 is 14.8 Å². The minimum atomic E-state index is -0.300. The Balaban J connectivity index is 1.40. The quantitative estimate of drug-likeness (QED) is 0.539. The fraction of sp³-hybridized carbons (Fsp3) is 0.158. The maximum absolute atomic E-state index is 12.2.